The summed E-state index contributed by atoms with van der Waals surface area (Å²) < 4.78 is 5.21. The molecule has 0 spiro atoms. The number of hydrogen-bond donors (Lipinski definition) is 2. The van der Waals surface area contributed by atoms with Crippen molar-refractivity contribution in [1.82, 2.24) is 4.90 Å². The zero-order valence-electron chi connectivity index (χ0n) is 10.8. The molecule has 1 atom stereocenters. The molecule has 1 unspecified atom stereocenters. The van der Waals surface area contributed by atoms with Crippen molar-refractivity contribution in [2.75, 3.05) is 26.8 Å². The summed E-state index contributed by atoms with van der Waals surface area (Å²) in [7, 11) is 1.72. The van der Waals surface area contributed by atoms with Crippen molar-refractivity contribution >= 4 is 18.5 Å². The fraction of sp³-hybridized carbons (Fsp3) is 0.917. The number of hydrogen-bond acceptors (Lipinski definition) is 4. The number of carbonyl (C=O) groups excluding carboxylic acids is 1. The molecule has 1 rings (SSSR count). The van der Waals surface area contributed by atoms with E-state index in [1.54, 1.807) is 11.9 Å². The highest BCUT2D eigenvalue weighted by Gasteiger charge is 2.33. The minimum atomic E-state index is -0.798. The van der Waals surface area contributed by atoms with Gasteiger partial charge >= 0.3 is 0 Å². The van der Waals surface area contributed by atoms with Crippen LogP contribution in [0.4, 0.5) is 0 Å². The van der Waals surface area contributed by atoms with Gasteiger partial charge in [-0.1, -0.05) is 13.8 Å². The molecule has 4 nitrogen and oxygen atoms in total. The zero-order chi connectivity index (χ0) is 13.1. The van der Waals surface area contributed by atoms with Gasteiger partial charge in [0.15, 0.2) is 0 Å². The average Bonchev–Trinajstić information content (AvgIpc) is 2.27. The van der Waals surface area contributed by atoms with Crippen molar-refractivity contribution in [1.29, 1.82) is 0 Å². The first-order chi connectivity index (χ1) is 7.86. The Morgan fingerprint density at radius 1 is 1.47 bits per heavy atom. The Morgan fingerprint density at radius 3 is 2.47 bits per heavy atom. The first-order valence-electron chi connectivity index (χ1n) is 6.09. The highest BCUT2D eigenvalue weighted by atomic mass is 32.1. The van der Waals surface area contributed by atoms with E-state index < -0.39 is 5.60 Å². The van der Waals surface area contributed by atoms with Crippen LogP contribution in [-0.2, 0) is 9.53 Å². The molecule has 0 aromatic rings. The second-order valence-electron chi connectivity index (χ2n) is 5.22. The van der Waals surface area contributed by atoms with Crippen molar-refractivity contribution in [3.63, 3.8) is 0 Å². The van der Waals surface area contributed by atoms with E-state index in [9.17, 15) is 9.90 Å². The lowest BCUT2D eigenvalue weighted by molar-refractivity contribution is -0.136. The molecule has 1 saturated heterocycles. The number of nitrogens with zero attached hydrogens (tertiary/aromatic N) is 1. The van der Waals surface area contributed by atoms with Crippen molar-refractivity contribution < 1.29 is 14.6 Å². The van der Waals surface area contributed by atoms with Gasteiger partial charge in [0, 0.05) is 39.6 Å². The van der Waals surface area contributed by atoms with Gasteiger partial charge in [-0.05, 0) is 5.92 Å². The number of likely N-dealkylation sites (N-methyl/N-ethyl adjacent to an activating group) is 1. The smallest absolute Gasteiger partial charge is 0.235 e. The van der Waals surface area contributed by atoms with Crippen molar-refractivity contribution in [3.8, 4) is 0 Å². The fourth-order valence-corrected chi connectivity index (χ4v) is 2.14. The number of rotatable bonds is 4. The van der Waals surface area contributed by atoms with Crippen LogP contribution in [0.15, 0.2) is 0 Å². The van der Waals surface area contributed by atoms with Crippen LogP contribution >= 0.6 is 12.6 Å². The van der Waals surface area contributed by atoms with Gasteiger partial charge in [0.25, 0.3) is 0 Å². The number of carbonyl (C=O) groups is 1. The van der Waals surface area contributed by atoms with Crippen LogP contribution in [0.5, 0.6) is 0 Å². The quantitative estimate of drug-likeness (QED) is 0.741. The molecule has 1 amide bonds. The van der Waals surface area contributed by atoms with Gasteiger partial charge in [-0.3, -0.25) is 4.79 Å². The average molecular weight is 261 g/mol. The molecule has 0 aromatic heterocycles. The Bertz CT molecular complexity index is 264. The van der Waals surface area contributed by atoms with E-state index in [1.165, 1.54) is 0 Å². The van der Waals surface area contributed by atoms with Crippen molar-refractivity contribution in [2.45, 2.75) is 37.5 Å². The van der Waals surface area contributed by atoms with Gasteiger partial charge in [0.1, 0.15) is 0 Å². The fourth-order valence-electron chi connectivity index (χ4n) is 1.94. The first-order valence-corrected chi connectivity index (χ1v) is 6.60. The van der Waals surface area contributed by atoms with Crippen LogP contribution in [-0.4, -0.2) is 53.6 Å². The first kappa shape index (κ1) is 14.8. The summed E-state index contributed by atoms with van der Waals surface area (Å²) in [6.07, 6.45) is 1.17. The van der Waals surface area contributed by atoms with E-state index in [0.29, 0.717) is 32.6 Å². The van der Waals surface area contributed by atoms with E-state index in [2.05, 4.69) is 12.6 Å². The van der Waals surface area contributed by atoms with E-state index in [4.69, 9.17) is 4.74 Å². The third-order valence-electron chi connectivity index (χ3n) is 3.22. The van der Waals surface area contributed by atoms with E-state index in [0.717, 1.165) is 0 Å². The highest BCUT2D eigenvalue weighted by Crippen LogP contribution is 2.22. The maximum Gasteiger partial charge on any atom is 0.235 e. The maximum absolute atomic E-state index is 12.0. The van der Waals surface area contributed by atoms with Crippen LogP contribution in [0.25, 0.3) is 0 Å². The Balaban J connectivity index is 2.52. The summed E-state index contributed by atoms with van der Waals surface area (Å²) in [6.45, 7) is 5.41. The van der Waals surface area contributed by atoms with Crippen LogP contribution < -0.4 is 0 Å². The standard InChI is InChI=1S/C12H23NO3S/c1-9(2)10(17)11(14)13(3)8-12(15)4-6-16-7-5-12/h9-10,15,17H,4-8H2,1-3H3. The van der Waals surface area contributed by atoms with E-state index in [1.807, 2.05) is 13.8 Å². The molecular formula is C12H23NO3S. The number of amides is 1. The summed E-state index contributed by atoms with van der Waals surface area (Å²) in [4.78, 5) is 13.6. The van der Waals surface area contributed by atoms with Crippen LogP contribution in [0.3, 0.4) is 0 Å². The molecule has 17 heavy (non-hydrogen) atoms. The summed E-state index contributed by atoms with van der Waals surface area (Å²) in [5.41, 5.74) is -0.798. The molecule has 0 aliphatic carbocycles. The van der Waals surface area contributed by atoms with Gasteiger partial charge < -0.3 is 14.7 Å². The second-order valence-corrected chi connectivity index (χ2v) is 5.78. The van der Waals surface area contributed by atoms with Crippen molar-refractivity contribution in [3.05, 3.63) is 0 Å². The molecule has 100 valence electrons. The molecule has 5 heteroatoms. The molecule has 0 saturated carbocycles. The normalized spacial score (nSPS) is 21.3. The van der Waals surface area contributed by atoms with Gasteiger partial charge in [0.05, 0.1) is 10.9 Å². The Kier molecular flexibility index (Phi) is 5.28. The SMILES string of the molecule is CC(C)C(S)C(=O)N(C)CC1(O)CCOCC1. The number of thiol groups is 1. The second kappa shape index (κ2) is 6.07. The molecule has 1 N–H and O–H groups in total. The predicted molar refractivity (Wildman–Crippen MR) is 70.3 cm³/mol. The predicted octanol–water partition coefficient (Wildman–Crippen LogP) is 0.941. The largest absolute Gasteiger partial charge is 0.388 e. The Labute approximate surface area is 109 Å². The van der Waals surface area contributed by atoms with Gasteiger partial charge in [-0.25, -0.2) is 0 Å². The molecule has 1 fully saturated rings. The lowest BCUT2D eigenvalue weighted by Gasteiger charge is -2.36. The minimum Gasteiger partial charge on any atom is -0.388 e. The lowest BCUT2D eigenvalue weighted by Crippen LogP contribution is -2.49. The van der Waals surface area contributed by atoms with Gasteiger partial charge in [-0.15, -0.1) is 0 Å². The zero-order valence-corrected chi connectivity index (χ0v) is 11.7. The molecule has 1 heterocycles. The topological polar surface area (TPSA) is 49.8 Å². The molecule has 0 aromatic carbocycles. The van der Waals surface area contributed by atoms with Crippen LogP contribution in [0.2, 0.25) is 0 Å². The monoisotopic (exact) mass is 261 g/mol. The maximum atomic E-state index is 12.0. The van der Waals surface area contributed by atoms with Gasteiger partial charge in [0.2, 0.25) is 5.91 Å². The van der Waals surface area contributed by atoms with E-state index >= 15 is 0 Å². The summed E-state index contributed by atoms with van der Waals surface area (Å²) in [6, 6.07) is 0. The number of ether oxygens (including phenoxy) is 1. The third kappa shape index (κ3) is 4.16. The molecule has 1 aliphatic rings. The molecule has 0 radical (unpaired) electrons. The molecular weight excluding hydrogens is 238 g/mol. The van der Waals surface area contributed by atoms with Crippen molar-refractivity contribution in [2.24, 2.45) is 5.92 Å². The third-order valence-corrected chi connectivity index (χ3v) is 4.03. The summed E-state index contributed by atoms with van der Waals surface area (Å²) in [5, 5.41) is 10.0. The molecule has 0 bridgehead atoms. The summed E-state index contributed by atoms with van der Waals surface area (Å²) in [5.74, 6) is 0.167. The lowest BCUT2D eigenvalue weighted by atomic mass is 9.93. The summed E-state index contributed by atoms with van der Waals surface area (Å²) >= 11 is 4.31. The highest BCUT2D eigenvalue weighted by molar-refractivity contribution is 7.81. The Morgan fingerprint density at radius 2 is 2.00 bits per heavy atom. The van der Waals surface area contributed by atoms with Gasteiger partial charge in [-0.2, -0.15) is 12.6 Å². The van der Waals surface area contributed by atoms with Crippen LogP contribution in [0, 0.1) is 5.92 Å². The van der Waals surface area contributed by atoms with E-state index in [-0.39, 0.29) is 17.1 Å². The number of aliphatic hydroxyl groups is 1. The molecule has 1 aliphatic heterocycles. The van der Waals surface area contributed by atoms with Crippen LogP contribution in [0.1, 0.15) is 26.7 Å². The Hall–Kier alpha value is -0.260. The minimum absolute atomic E-state index is 0.0248.